The molecule has 0 N–H and O–H groups in total. The van der Waals surface area contributed by atoms with E-state index in [1.807, 2.05) is 36.4 Å². The number of nitrogens with zero attached hydrogens (tertiary/aromatic N) is 5. The Morgan fingerprint density at radius 1 is 1.07 bits per heavy atom. The molecule has 5 aromatic rings. The number of hydrogen-bond acceptors (Lipinski definition) is 6. The van der Waals surface area contributed by atoms with Gasteiger partial charge in [-0.3, -0.25) is 13.8 Å². The van der Waals surface area contributed by atoms with Crippen LogP contribution in [-0.2, 0) is 13.1 Å². The number of benzene rings is 1. The molecule has 0 radical (unpaired) electrons. The maximum atomic E-state index is 13.0. The Labute approximate surface area is 174 Å². The van der Waals surface area contributed by atoms with Crippen molar-refractivity contribution in [2.75, 3.05) is 7.11 Å². The van der Waals surface area contributed by atoms with Crippen LogP contribution in [0.5, 0.6) is 5.75 Å². The van der Waals surface area contributed by atoms with Crippen LogP contribution in [0.4, 0.5) is 0 Å². The van der Waals surface area contributed by atoms with Gasteiger partial charge in [0.25, 0.3) is 5.56 Å². The second kappa shape index (κ2) is 7.27. The van der Waals surface area contributed by atoms with Crippen LogP contribution in [0.3, 0.4) is 0 Å². The molecule has 0 unspecified atom stereocenters. The van der Waals surface area contributed by atoms with E-state index in [1.165, 1.54) is 31.3 Å². The van der Waals surface area contributed by atoms with Gasteiger partial charge >= 0.3 is 5.69 Å². The summed E-state index contributed by atoms with van der Waals surface area (Å²) in [6.45, 7) is 0.589. The van der Waals surface area contributed by atoms with Gasteiger partial charge in [-0.2, -0.15) is 0 Å². The van der Waals surface area contributed by atoms with E-state index in [4.69, 9.17) is 4.74 Å². The van der Waals surface area contributed by atoms with E-state index in [9.17, 15) is 9.59 Å². The van der Waals surface area contributed by atoms with Crippen molar-refractivity contribution in [3.8, 4) is 16.2 Å². The number of rotatable bonds is 5. The first-order chi connectivity index (χ1) is 14.6. The lowest BCUT2D eigenvalue weighted by atomic mass is 10.2. The molecule has 0 aliphatic rings. The summed E-state index contributed by atoms with van der Waals surface area (Å²) in [5.41, 5.74) is 1.89. The van der Waals surface area contributed by atoms with Crippen LogP contribution >= 0.6 is 11.3 Å². The fraction of sp³-hybridized carbons (Fsp3) is 0.143. The smallest absolute Gasteiger partial charge is 0.350 e. The van der Waals surface area contributed by atoms with Crippen molar-refractivity contribution in [1.82, 2.24) is 23.7 Å². The Morgan fingerprint density at radius 2 is 1.90 bits per heavy atom. The SMILES string of the molecule is COc1ccc(-c2cc3ncn(CCn4nc5ccccn5c4=O)c(=O)c3s2)cc1. The Kier molecular flexibility index (Phi) is 4.44. The zero-order valence-corrected chi connectivity index (χ0v) is 16.9. The largest absolute Gasteiger partial charge is 0.497 e. The molecule has 1 aromatic carbocycles. The van der Waals surface area contributed by atoms with Crippen LogP contribution in [-0.4, -0.2) is 30.8 Å². The predicted octanol–water partition coefficient (Wildman–Crippen LogP) is 2.64. The van der Waals surface area contributed by atoms with Gasteiger partial charge in [-0.1, -0.05) is 6.07 Å². The molecule has 0 saturated heterocycles. The van der Waals surface area contributed by atoms with Gasteiger partial charge in [0.05, 0.1) is 25.5 Å². The van der Waals surface area contributed by atoms with E-state index in [0.717, 1.165) is 16.2 Å². The summed E-state index contributed by atoms with van der Waals surface area (Å²) < 4.78 is 10.1. The Morgan fingerprint density at radius 3 is 2.67 bits per heavy atom. The Balaban J connectivity index is 1.45. The molecule has 0 aliphatic heterocycles. The minimum Gasteiger partial charge on any atom is -0.497 e. The first kappa shape index (κ1) is 18.3. The summed E-state index contributed by atoms with van der Waals surface area (Å²) in [7, 11) is 1.63. The van der Waals surface area contributed by atoms with Crippen LogP contribution in [0.25, 0.3) is 26.3 Å². The van der Waals surface area contributed by atoms with E-state index >= 15 is 0 Å². The molecule has 5 rings (SSSR count). The lowest BCUT2D eigenvalue weighted by Crippen LogP contribution is -2.27. The molecule has 30 heavy (non-hydrogen) atoms. The third-order valence-electron chi connectivity index (χ3n) is 4.92. The number of ether oxygens (including phenoxy) is 1. The predicted molar refractivity (Wildman–Crippen MR) is 115 cm³/mol. The molecule has 0 aliphatic carbocycles. The molecule has 0 spiro atoms. The summed E-state index contributed by atoms with van der Waals surface area (Å²) in [6, 6.07) is 15.0. The van der Waals surface area contributed by atoms with Gasteiger partial charge in [0, 0.05) is 17.6 Å². The Bertz CT molecular complexity index is 1480. The zero-order chi connectivity index (χ0) is 20.7. The summed E-state index contributed by atoms with van der Waals surface area (Å²) >= 11 is 1.41. The van der Waals surface area contributed by atoms with Gasteiger partial charge in [-0.05, 0) is 48.0 Å². The van der Waals surface area contributed by atoms with Crippen molar-refractivity contribution in [1.29, 1.82) is 0 Å². The molecule has 0 atom stereocenters. The maximum absolute atomic E-state index is 13.0. The number of pyridine rings is 1. The average Bonchev–Trinajstić information content (AvgIpc) is 3.36. The van der Waals surface area contributed by atoms with Crippen molar-refractivity contribution < 1.29 is 4.74 Å². The molecular weight excluding hydrogens is 402 g/mol. The fourth-order valence-corrected chi connectivity index (χ4v) is 4.38. The van der Waals surface area contributed by atoms with E-state index in [0.29, 0.717) is 22.4 Å². The second-order valence-electron chi connectivity index (χ2n) is 6.73. The highest BCUT2D eigenvalue weighted by Gasteiger charge is 2.12. The summed E-state index contributed by atoms with van der Waals surface area (Å²) in [5, 5.41) is 4.30. The molecular formula is C21H17N5O3S. The summed E-state index contributed by atoms with van der Waals surface area (Å²) in [4.78, 5) is 30.8. The van der Waals surface area contributed by atoms with E-state index in [-0.39, 0.29) is 17.8 Å². The van der Waals surface area contributed by atoms with Crippen molar-refractivity contribution in [3.05, 3.63) is 81.9 Å². The minimum absolute atomic E-state index is 0.124. The second-order valence-corrected chi connectivity index (χ2v) is 7.78. The number of fused-ring (bicyclic) bond motifs is 2. The van der Waals surface area contributed by atoms with E-state index in [2.05, 4.69) is 10.1 Å². The third kappa shape index (κ3) is 3.09. The van der Waals surface area contributed by atoms with Crippen LogP contribution in [0.2, 0.25) is 0 Å². The normalized spacial score (nSPS) is 11.4. The van der Waals surface area contributed by atoms with Crippen molar-refractivity contribution in [2.45, 2.75) is 13.1 Å². The molecule has 0 amide bonds. The fourth-order valence-electron chi connectivity index (χ4n) is 3.32. The van der Waals surface area contributed by atoms with Crippen LogP contribution in [0.15, 0.2) is 70.6 Å². The highest BCUT2D eigenvalue weighted by Crippen LogP contribution is 2.31. The molecule has 9 heteroatoms. The van der Waals surface area contributed by atoms with E-state index < -0.39 is 0 Å². The molecule has 0 fully saturated rings. The quantitative estimate of drug-likeness (QED) is 0.437. The Hall–Kier alpha value is -3.72. The first-order valence-corrected chi connectivity index (χ1v) is 10.1. The van der Waals surface area contributed by atoms with E-state index in [1.54, 1.807) is 25.4 Å². The molecule has 150 valence electrons. The number of hydrogen-bond donors (Lipinski definition) is 0. The summed E-state index contributed by atoms with van der Waals surface area (Å²) in [6.07, 6.45) is 3.20. The van der Waals surface area contributed by atoms with Gasteiger partial charge in [-0.25, -0.2) is 14.5 Å². The average molecular weight is 419 g/mol. The van der Waals surface area contributed by atoms with Gasteiger partial charge in [-0.15, -0.1) is 16.4 Å². The van der Waals surface area contributed by atoms with Crippen molar-refractivity contribution >= 4 is 27.2 Å². The molecule has 4 heterocycles. The van der Waals surface area contributed by atoms with Gasteiger partial charge in [0.1, 0.15) is 10.4 Å². The topological polar surface area (TPSA) is 83.4 Å². The molecule has 0 saturated carbocycles. The number of aryl methyl sites for hydroxylation is 2. The highest BCUT2D eigenvalue weighted by molar-refractivity contribution is 7.22. The standard InChI is InChI=1S/C21H17N5O3S/c1-29-15-7-5-14(6-8-15)17-12-16-19(30-17)20(27)24(13-22-16)10-11-26-21(28)25-9-3-2-4-18(25)23-26/h2-9,12-13H,10-11H2,1H3. The summed E-state index contributed by atoms with van der Waals surface area (Å²) in [5.74, 6) is 0.780. The van der Waals surface area contributed by atoms with Crippen molar-refractivity contribution in [3.63, 3.8) is 0 Å². The maximum Gasteiger partial charge on any atom is 0.350 e. The van der Waals surface area contributed by atoms with Crippen LogP contribution < -0.4 is 16.0 Å². The molecule has 4 aromatic heterocycles. The minimum atomic E-state index is -0.231. The first-order valence-electron chi connectivity index (χ1n) is 9.31. The lowest BCUT2D eigenvalue weighted by Gasteiger charge is -2.04. The van der Waals surface area contributed by atoms with Gasteiger partial charge < -0.3 is 4.74 Å². The zero-order valence-electron chi connectivity index (χ0n) is 16.1. The van der Waals surface area contributed by atoms with Gasteiger partial charge in [0.15, 0.2) is 5.65 Å². The van der Waals surface area contributed by atoms with Crippen LogP contribution in [0, 0.1) is 0 Å². The van der Waals surface area contributed by atoms with Crippen LogP contribution in [0.1, 0.15) is 0 Å². The highest BCUT2D eigenvalue weighted by atomic mass is 32.1. The van der Waals surface area contributed by atoms with Gasteiger partial charge in [0.2, 0.25) is 0 Å². The molecule has 8 nitrogen and oxygen atoms in total. The monoisotopic (exact) mass is 419 g/mol. The van der Waals surface area contributed by atoms with Crippen molar-refractivity contribution in [2.24, 2.45) is 0 Å². The number of thiophene rings is 1. The molecule has 0 bridgehead atoms. The lowest BCUT2D eigenvalue weighted by molar-refractivity contribution is 0.415. The third-order valence-corrected chi connectivity index (χ3v) is 6.08. The number of methoxy groups -OCH3 is 1. The number of aromatic nitrogens is 5.